The average molecular weight is 351 g/mol. The Morgan fingerprint density at radius 3 is 2.54 bits per heavy atom. The van der Waals surface area contributed by atoms with Gasteiger partial charge >= 0.3 is 6.18 Å². The standard InChI is InChI=1S/C15H24F3N3O3/c16-15(17,18)10-21-9-11(8-13(21)22)14(23)20-5-2-12(3-6-20)24-7-1-4-19/h11-12H,1-10,19H2/t11-/m1/s1. The lowest BCUT2D eigenvalue weighted by atomic mass is 10.0. The molecule has 2 fully saturated rings. The van der Waals surface area contributed by atoms with E-state index in [0.29, 0.717) is 39.1 Å². The Bertz CT molecular complexity index is 451. The van der Waals surface area contributed by atoms with Crippen LogP contribution in [0.1, 0.15) is 25.7 Å². The van der Waals surface area contributed by atoms with Crippen molar-refractivity contribution < 1.29 is 27.5 Å². The SMILES string of the molecule is NCCCOC1CCN(C(=O)[C@@H]2CC(=O)N(CC(F)(F)F)C2)CC1. The lowest BCUT2D eigenvalue weighted by Gasteiger charge is -2.33. The first kappa shape index (κ1) is 19.0. The molecule has 0 aromatic rings. The number of hydrogen-bond donors (Lipinski definition) is 1. The highest BCUT2D eigenvalue weighted by Crippen LogP contribution is 2.26. The maximum atomic E-state index is 12.4. The maximum absolute atomic E-state index is 12.4. The molecule has 1 atom stereocenters. The van der Waals surface area contributed by atoms with Gasteiger partial charge in [-0.3, -0.25) is 9.59 Å². The van der Waals surface area contributed by atoms with E-state index in [1.54, 1.807) is 4.90 Å². The van der Waals surface area contributed by atoms with Crippen molar-refractivity contribution in [1.29, 1.82) is 0 Å². The first-order chi connectivity index (χ1) is 11.3. The maximum Gasteiger partial charge on any atom is 0.406 e. The number of nitrogens with zero attached hydrogens (tertiary/aromatic N) is 2. The molecule has 9 heteroatoms. The van der Waals surface area contributed by atoms with Crippen LogP contribution in [0.3, 0.4) is 0 Å². The van der Waals surface area contributed by atoms with E-state index in [-0.39, 0.29) is 25.0 Å². The minimum atomic E-state index is -4.44. The number of amides is 2. The molecule has 2 saturated heterocycles. The van der Waals surface area contributed by atoms with E-state index in [2.05, 4.69) is 0 Å². The third-order valence-electron chi connectivity index (χ3n) is 4.39. The molecule has 0 saturated carbocycles. The van der Waals surface area contributed by atoms with Gasteiger partial charge in [0, 0.05) is 32.7 Å². The molecule has 0 unspecified atom stereocenters. The van der Waals surface area contributed by atoms with E-state index in [1.165, 1.54) is 0 Å². The number of piperidine rings is 1. The minimum Gasteiger partial charge on any atom is -0.378 e. The summed E-state index contributed by atoms with van der Waals surface area (Å²) in [5.41, 5.74) is 5.40. The summed E-state index contributed by atoms with van der Waals surface area (Å²) in [6.45, 7) is 0.753. The summed E-state index contributed by atoms with van der Waals surface area (Å²) in [7, 11) is 0. The first-order valence-electron chi connectivity index (χ1n) is 8.25. The van der Waals surface area contributed by atoms with Gasteiger partial charge in [-0.25, -0.2) is 0 Å². The van der Waals surface area contributed by atoms with Crippen LogP contribution >= 0.6 is 0 Å². The molecule has 2 heterocycles. The van der Waals surface area contributed by atoms with Crippen LogP contribution in [0.15, 0.2) is 0 Å². The van der Waals surface area contributed by atoms with Gasteiger partial charge in [0.25, 0.3) is 0 Å². The van der Waals surface area contributed by atoms with Gasteiger partial charge in [-0.2, -0.15) is 13.2 Å². The second-order valence-electron chi connectivity index (χ2n) is 6.33. The Morgan fingerprint density at radius 2 is 1.96 bits per heavy atom. The number of hydrogen-bond acceptors (Lipinski definition) is 4. The van der Waals surface area contributed by atoms with Gasteiger partial charge in [-0.15, -0.1) is 0 Å². The number of nitrogens with two attached hydrogens (primary N) is 1. The van der Waals surface area contributed by atoms with Crippen molar-refractivity contribution in [3.8, 4) is 0 Å². The summed E-state index contributed by atoms with van der Waals surface area (Å²) in [5, 5.41) is 0. The number of rotatable bonds is 6. The number of halogens is 3. The fraction of sp³-hybridized carbons (Fsp3) is 0.867. The molecule has 0 aromatic carbocycles. The lowest BCUT2D eigenvalue weighted by molar-refractivity contribution is -0.157. The van der Waals surface area contributed by atoms with E-state index in [4.69, 9.17) is 10.5 Å². The Balaban J connectivity index is 1.78. The van der Waals surface area contributed by atoms with Crippen molar-refractivity contribution in [2.75, 3.05) is 39.3 Å². The van der Waals surface area contributed by atoms with Crippen molar-refractivity contribution in [3.63, 3.8) is 0 Å². The highest BCUT2D eigenvalue weighted by Gasteiger charge is 2.42. The van der Waals surface area contributed by atoms with Gasteiger partial charge in [0.15, 0.2) is 0 Å². The summed E-state index contributed by atoms with van der Waals surface area (Å²) >= 11 is 0. The Labute approximate surface area is 139 Å². The number of alkyl halides is 3. The van der Waals surface area contributed by atoms with Crippen LogP contribution in [0.2, 0.25) is 0 Å². The molecule has 24 heavy (non-hydrogen) atoms. The summed E-state index contributed by atoms with van der Waals surface area (Å²) < 4.78 is 42.9. The van der Waals surface area contributed by atoms with Crippen LogP contribution in [-0.4, -0.2) is 73.2 Å². The molecule has 2 amide bonds. The van der Waals surface area contributed by atoms with Crippen LogP contribution in [-0.2, 0) is 14.3 Å². The molecular formula is C15H24F3N3O3. The zero-order valence-electron chi connectivity index (χ0n) is 13.6. The smallest absolute Gasteiger partial charge is 0.378 e. The first-order valence-corrected chi connectivity index (χ1v) is 8.25. The molecule has 0 spiro atoms. The quantitative estimate of drug-likeness (QED) is 0.717. The minimum absolute atomic E-state index is 0.0903. The topological polar surface area (TPSA) is 75.9 Å². The van der Waals surface area contributed by atoms with Crippen molar-refractivity contribution >= 4 is 11.8 Å². The van der Waals surface area contributed by atoms with Crippen molar-refractivity contribution in [2.45, 2.75) is 38.0 Å². The van der Waals surface area contributed by atoms with Gasteiger partial charge in [-0.1, -0.05) is 0 Å². The number of carbonyl (C=O) groups is 2. The van der Waals surface area contributed by atoms with Crippen molar-refractivity contribution in [2.24, 2.45) is 11.7 Å². The zero-order valence-corrected chi connectivity index (χ0v) is 13.6. The highest BCUT2D eigenvalue weighted by atomic mass is 19.4. The van der Waals surface area contributed by atoms with Gasteiger partial charge < -0.3 is 20.3 Å². The van der Waals surface area contributed by atoms with Gasteiger partial charge in [-0.05, 0) is 25.8 Å². The number of likely N-dealkylation sites (tertiary alicyclic amines) is 2. The normalized spacial score (nSPS) is 23.2. The fourth-order valence-electron chi connectivity index (χ4n) is 3.14. The number of carbonyl (C=O) groups excluding carboxylic acids is 2. The Hall–Kier alpha value is -1.35. The predicted molar refractivity (Wildman–Crippen MR) is 80.0 cm³/mol. The number of ether oxygens (including phenoxy) is 1. The third-order valence-corrected chi connectivity index (χ3v) is 4.39. The summed E-state index contributed by atoms with van der Waals surface area (Å²) in [6, 6.07) is 0. The Morgan fingerprint density at radius 1 is 1.29 bits per heavy atom. The van der Waals surface area contributed by atoms with E-state index >= 15 is 0 Å². The van der Waals surface area contributed by atoms with Crippen LogP contribution in [0.5, 0.6) is 0 Å². The molecule has 0 bridgehead atoms. The fourth-order valence-corrected chi connectivity index (χ4v) is 3.14. The Kier molecular flexibility index (Phi) is 6.45. The van der Waals surface area contributed by atoms with Gasteiger partial charge in [0.1, 0.15) is 6.54 Å². The molecular weight excluding hydrogens is 327 g/mol. The largest absolute Gasteiger partial charge is 0.406 e. The van der Waals surface area contributed by atoms with E-state index in [1.807, 2.05) is 0 Å². The monoisotopic (exact) mass is 351 g/mol. The molecule has 2 rings (SSSR count). The molecule has 0 radical (unpaired) electrons. The molecule has 2 aliphatic rings. The molecule has 2 aliphatic heterocycles. The summed E-state index contributed by atoms with van der Waals surface area (Å²) in [4.78, 5) is 26.5. The zero-order chi connectivity index (χ0) is 17.7. The van der Waals surface area contributed by atoms with Crippen LogP contribution in [0, 0.1) is 5.92 Å². The molecule has 138 valence electrons. The molecule has 0 aliphatic carbocycles. The third kappa shape index (κ3) is 5.34. The van der Waals surface area contributed by atoms with Crippen LogP contribution in [0.25, 0.3) is 0 Å². The highest BCUT2D eigenvalue weighted by molar-refractivity contribution is 5.89. The van der Waals surface area contributed by atoms with E-state index in [9.17, 15) is 22.8 Å². The van der Waals surface area contributed by atoms with Crippen molar-refractivity contribution in [3.05, 3.63) is 0 Å². The van der Waals surface area contributed by atoms with E-state index < -0.39 is 24.5 Å². The second-order valence-corrected chi connectivity index (χ2v) is 6.33. The van der Waals surface area contributed by atoms with Gasteiger partial charge in [0.2, 0.25) is 11.8 Å². The summed E-state index contributed by atoms with van der Waals surface area (Å²) in [6.07, 6.45) is -2.30. The molecule has 0 aromatic heterocycles. The second kappa shape index (κ2) is 8.15. The van der Waals surface area contributed by atoms with Crippen LogP contribution < -0.4 is 5.73 Å². The predicted octanol–water partition coefficient (Wildman–Crippen LogP) is 0.754. The van der Waals surface area contributed by atoms with Gasteiger partial charge in [0.05, 0.1) is 12.0 Å². The molecule has 2 N–H and O–H groups in total. The lowest BCUT2D eigenvalue weighted by Crippen LogP contribution is -2.44. The average Bonchev–Trinajstić information content (AvgIpc) is 2.87. The molecule has 6 nitrogen and oxygen atoms in total. The van der Waals surface area contributed by atoms with Crippen LogP contribution in [0.4, 0.5) is 13.2 Å². The van der Waals surface area contributed by atoms with E-state index in [0.717, 1.165) is 11.3 Å². The summed E-state index contributed by atoms with van der Waals surface area (Å²) in [5.74, 6) is -1.51. The van der Waals surface area contributed by atoms with Crippen molar-refractivity contribution in [1.82, 2.24) is 9.80 Å².